The van der Waals surface area contributed by atoms with Gasteiger partial charge in [0, 0.05) is 50.0 Å². The van der Waals surface area contributed by atoms with Gasteiger partial charge in [0.1, 0.15) is 6.04 Å². The Labute approximate surface area is 230 Å². The normalized spacial score (nSPS) is 19.7. The number of nitrogens with one attached hydrogen (secondary N) is 1. The van der Waals surface area contributed by atoms with E-state index in [1.807, 2.05) is 48.4 Å². The minimum absolute atomic E-state index is 0.0530. The van der Waals surface area contributed by atoms with E-state index in [1.165, 1.54) is 11.3 Å². The quantitative estimate of drug-likeness (QED) is 0.522. The number of fused-ring (bicyclic) bond motifs is 2. The first-order valence-corrected chi connectivity index (χ1v) is 14.7. The van der Waals surface area contributed by atoms with E-state index in [-0.39, 0.29) is 23.8 Å². The lowest BCUT2D eigenvalue weighted by Crippen LogP contribution is -2.55. The average Bonchev–Trinajstić information content (AvgIpc) is 3.26. The number of piperidine rings is 1. The minimum Gasteiger partial charge on any atom is -0.374 e. The summed E-state index contributed by atoms with van der Waals surface area (Å²) in [5.74, 6) is -0.212. The van der Waals surface area contributed by atoms with E-state index in [9.17, 15) is 9.59 Å². The number of nitrogens with zero attached hydrogens (tertiary/aromatic N) is 3. The highest BCUT2D eigenvalue weighted by molar-refractivity contribution is 8.00. The van der Waals surface area contributed by atoms with Crippen molar-refractivity contribution in [3.05, 3.63) is 77.4 Å². The molecule has 202 valence electrons. The van der Waals surface area contributed by atoms with Crippen LogP contribution in [0.3, 0.4) is 0 Å². The zero-order valence-electron chi connectivity index (χ0n) is 22.4. The maximum atomic E-state index is 13.8. The highest BCUT2D eigenvalue weighted by Crippen LogP contribution is 2.48. The van der Waals surface area contributed by atoms with E-state index in [4.69, 9.17) is 4.74 Å². The van der Waals surface area contributed by atoms with Gasteiger partial charge in [-0.3, -0.25) is 9.59 Å². The molecule has 1 saturated heterocycles. The molecule has 1 N–H and O–H groups in total. The fourth-order valence-electron chi connectivity index (χ4n) is 5.82. The number of likely N-dealkylation sites (tertiary alicyclic amines) is 1. The van der Waals surface area contributed by atoms with Crippen LogP contribution in [-0.4, -0.2) is 80.3 Å². The molecule has 2 amide bonds. The highest BCUT2D eigenvalue weighted by atomic mass is 32.2. The summed E-state index contributed by atoms with van der Waals surface area (Å²) in [4.78, 5) is 31.0. The van der Waals surface area contributed by atoms with Gasteiger partial charge in [-0.2, -0.15) is 0 Å². The minimum atomic E-state index is -0.709. The fraction of sp³-hybridized carbons (Fsp3) is 0.467. The molecule has 3 aliphatic heterocycles. The van der Waals surface area contributed by atoms with Gasteiger partial charge in [0.25, 0.3) is 0 Å². The van der Waals surface area contributed by atoms with Crippen molar-refractivity contribution in [2.45, 2.75) is 37.3 Å². The first-order valence-electron chi connectivity index (χ1n) is 13.5. The number of hydrogen-bond acceptors (Lipinski definition) is 6. The molecule has 0 aliphatic carbocycles. The van der Waals surface area contributed by atoms with Crippen molar-refractivity contribution in [2.75, 3.05) is 56.9 Å². The van der Waals surface area contributed by atoms with Crippen LogP contribution in [0.2, 0.25) is 0 Å². The van der Waals surface area contributed by atoms with Crippen LogP contribution in [0.4, 0.5) is 5.69 Å². The molecule has 1 spiro atoms. The van der Waals surface area contributed by atoms with Gasteiger partial charge < -0.3 is 24.2 Å². The van der Waals surface area contributed by atoms with E-state index < -0.39 is 6.04 Å². The number of hydrogen-bond donors (Lipinski definition) is 1. The summed E-state index contributed by atoms with van der Waals surface area (Å²) in [6, 6.07) is 17.9. The lowest BCUT2D eigenvalue weighted by Gasteiger charge is -2.41. The molecule has 0 saturated carbocycles. The Kier molecular flexibility index (Phi) is 8.41. The lowest BCUT2D eigenvalue weighted by atomic mass is 9.74. The number of anilines is 1. The molecule has 1 atom stereocenters. The number of ether oxygens (including phenoxy) is 1. The Bertz CT molecular complexity index is 1160. The topological polar surface area (TPSA) is 65.1 Å². The third kappa shape index (κ3) is 5.77. The predicted octanol–water partition coefficient (Wildman–Crippen LogP) is 3.61. The number of carbonyl (C=O) groups excluding carboxylic acids is 2. The maximum absolute atomic E-state index is 13.8. The van der Waals surface area contributed by atoms with Crippen LogP contribution >= 0.6 is 11.9 Å². The first kappa shape index (κ1) is 26.8. The summed E-state index contributed by atoms with van der Waals surface area (Å²) in [6.45, 7) is 4.45. The van der Waals surface area contributed by atoms with Crippen LogP contribution in [0.15, 0.2) is 66.2 Å². The summed E-state index contributed by atoms with van der Waals surface area (Å²) >= 11 is 1.76. The molecule has 0 aromatic heterocycles. The Balaban J connectivity index is 1.26. The number of carbonyl (C=O) groups is 2. The van der Waals surface area contributed by atoms with Crippen molar-refractivity contribution in [3.8, 4) is 0 Å². The van der Waals surface area contributed by atoms with E-state index in [0.29, 0.717) is 26.1 Å². The van der Waals surface area contributed by atoms with Gasteiger partial charge >= 0.3 is 0 Å². The molecule has 7 nitrogen and oxygen atoms in total. The SMILES string of the molecule is CSN1CC2(CCN(C(=O)[C@@H](COCc3ccccc3)NC(=O)C3=CCN(C)CC3)CC2)c2ccccc21. The molecule has 8 heteroatoms. The van der Waals surface area contributed by atoms with Crippen molar-refractivity contribution in [3.63, 3.8) is 0 Å². The van der Waals surface area contributed by atoms with Crippen LogP contribution in [0.1, 0.15) is 30.4 Å². The molecule has 0 bridgehead atoms. The summed E-state index contributed by atoms with van der Waals surface area (Å²) < 4.78 is 8.35. The number of likely N-dealkylation sites (N-methyl/N-ethyl adjacent to an activating group) is 1. The van der Waals surface area contributed by atoms with Gasteiger partial charge in [-0.25, -0.2) is 0 Å². The zero-order valence-corrected chi connectivity index (χ0v) is 23.2. The summed E-state index contributed by atoms with van der Waals surface area (Å²) in [5, 5.41) is 3.02. The Morgan fingerprint density at radius 3 is 2.50 bits per heavy atom. The van der Waals surface area contributed by atoms with Gasteiger partial charge in [0.15, 0.2) is 0 Å². The standard InChI is InChI=1S/C30H38N4O3S/c1-32-16-12-24(13-17-32)28(35)31-26(21-37-20-23-8-4-3-5-9-23)29(36)33-18-14-30(15-19-33)22-34(38-2)27-11-7-6-10-25(27)30/h3-12,26H,13-22H2,1-2H3,(H,31,35)/t26-/m1/s1. The predicted molar refractivity (Wildman–Crippen MR) is 153 cm³/mol. The molecular formula is C30H38N4O3S. The number of para-hydroxylation sites is 1. The van der Waals surface area contributed by atoms with Gasteiger partial charge in [0.05, 0.1) is 18.9 Å². The van der Waals surface area contributed by atoms with E-state index in [1.54, 1.807) is 11.9 Å². The van der Waals surface area contributed by atoms with Crippen LogP contribution in [-0.2, 0) is 26.3 Å². The molecule has 3 aliphatic rings. The molecule has 1 fully saturated rings. The Hall–Kier alpha value is -2.81. The van der Waals surface area contributed by atoms with Crippen molar-refractivity contribution in [1.82, 2.24) is 15.1 Å². The van der Waals surface area contributed by atoms with Gasteiger partial charge in [0.2, 0.25) is 11.8 Å². The molecule has 3 heterocycles. The maximum Gasteiger partial charge on any atom is 0.247 e. The second-order valence-electron chi connectivity index (χ2n) is 10.6. The average molecular weight is 535 g/mol. The van der Waals surface area contributed by atoms with Crippen molar-refractivity contribution in [1.29, 1.82) is 0 Å². The van der Waals surface area contributed by atoms with E-state index >= 15 is 0 Å². The number of rotatable bonds is 8. The highest BCUT2D eigenvalue weighted by Gasteiger charge is 2.45. The summed E-state index contributed by atoms with van der Waals surface area (Å²) in [5.41, 5.74) is 4.55. The molecule has 0 unspecified atom stereocenters. The summed E-state index contributed by atoms with van der Waals surface area (Å²) in [6.07, 6.45) is 6.60. The second kappa shape index (κ2) is 11.9. The van der Waals surface area contributed by atoms with Crippen LogP contribution < -0.4 is 9.62 Å². The molecule has 0 radical (unpaired) electrons. The second-order valence-corrected chi connectivity index (χ2v) is 11.4. The Morgan fingerprint density at radius 1 is 1.05 bits per heavy atom. The first-order chi connectivity index (χ1) is 18.5. The van der Waals surface area contributed by atoms with Crippen molar-refractivity contribution in [2.24, 2.45) is 0 Å². The third-order valence-corrected chi connectivity index (χ3v) is 8.91. The molecule has 2 aromatic rings. The molecule has 2 aromatic carbocycles. The molecule has 38 heavy (non-hydrogen) atoms. The fourth-order valence-corrected chi connectivity index (χ4v) is 6.55. The molecule has 5 rings (SSSR count). The molecular weight excluding hydrogens is 496 g/mol. The van der Waals surface area contributed by atoms with Crippen LogP contribution in [0.25, 0.3) is 0 Å². The number of amides is 2. The largest absolute Gasteiger partial charge is 0.374 e. The number of benzene rings is 2. The van der Waals surface area contributed by atoms with Crippen LogP contribution in [0, 0.1) is 0 Å². The van der Waals surface area contributed by atoms with E-state index in [2.05, 4.69) is 45.0 Å². The van der Waals surface area contributed by atoms with Crippen LogP contribution in [0.5, 0.6) is 0 Å². The summed E-state index contributed by atoms with van der Waals surface area (Å²) in [7, 11) is 2.04. The monoisotopic (exact) mass is 534 g/mol. The van der Waals surface area contributed by atoms with Gasteiger partial charge in [-0.15, -0.1) is 0 Å². The third-order valence-electron chi connectivity index (χ3n) is 8.15. The zero-order chi connectivity index (χ0) is 26.5. The van der Waals surface area contributed by atoms with Gasteiger partial charge in [-0.05, 0) is 43.5 Å². The van der Waals surface area contributed by atoms with E-state index in [0.717, 1.165) is 43.6 Å². The Morgan fingerprint density at radius 2 is 1.79 bits per heavy atom. The smallest absolute Gasteiger partial charge is 0.247 e. The lowest BCUT2D eigenvalue weighted by molar-refractivity contribution is -0.139. The van der Waals surface area contributed by atoms with Crippen molar-refractivity contribution < 1.29 is 14.3 Å². The van der Waals surface area contributed by atoms with Crippen molar-refractivity contribution >= 4 is 29.4 Å². The van der Waals surface area contributed by atoms with Gasteiger partial charge in [-0.1, -0.05) is 66.6 Å².